The molecule has 0 fully saturated rings. The number of nitrogens with two attached hydrogens (primary N) is 1. The fraction of sp³-hybridized carbons (Fsp3) is 0.417. The molecular formula is C12H17NO3. The average molecular weight is 223 g/mol. The standard InChI is InChI=1S/C12H17NO3/c1-12(13,8-14)7-9-5-3-4-6-10(9)11(15)16-2/h3-6,14H,7-8,13H2,1-2H3. The molecule has 4 heteroatoms. The number of benzene rings is 1. The second kappa shape index (κ2) is 5.09. The van der Waals surface area contributed by atoms with E-state index < -0.39 is 5.54 Å². The van der Waals surface area contributed by atoms with Crippen LogP contribution in [0.15, 0.2) is 24.3 Å². The SMILES string of the molecule is COC(=O)c1ccccc1CC(C)(N)CO. The Morgan fingerprint density at radius 1 is 1.50 bits per heavy atom. The van der Waals surface area contributed by atoms with Gasteiger partial charge in [-0.2, -0.15) is 0 Å². The van der Waals surface area contributed by atoms with E-state index in [-0.39, 0.29) is 12.6 Å². The predicted molar refractivity (Wildman–Crippen MR) is 61.2 cm³/mol. The minimum atomic E-state index is -0.732. The second-order valence-electron chi connectivity index (χ2n) is 4.14. The molecule has 0 bridgehead atoms. The van der Waals surface area contributed by atoms with E-state index in [4.69, 9.17) is 10.8 Å². The fourth-order valence-electron chi connectivity index (χ4n) is 1.47. The Bertz CT molecular complexity index is 374. The number of carbonyl (C=O) groups excluding carboxylic acids is 1. The number of rotatable bonds is 4. The van der Waals surface area contributed by atoms with Crippen LogP contribution in [-0.2, 0) is 11.2 Å². The highest BCUT2D eigenvalue weighted by molar-refractivity contribution is 5.91. The van der Waals surface area contributed by atoms with Gasteiger partial charge in [-0.25, -0.2) is 4.79 Å². The lowest BCUT2D eigenvalue weighted by atomic mass is 9.92. The van der Waals surface area contributed by atoms with Crippen LogP contribution in [0.3, 0.4) is 0 Å². The minimum Gasteiger partial charge on any atom is -0.465 e. The van der Waals surface area contributed by atoms with Crippen molar-refractivity contribution in [1.29, 1.82) is 0 Å². The van der Waals surface area contributed by atoms with Crippen LogP contribution in [-0.4, -0.2) is 30.3 Å². The van der Waals surface area contributed by atoms with Crippen molar-refractivity contribution in [1.82, 2.24) is 0 Å². The highest BCUT2D eigenvalue weighted by atomic mass is 16.5. The van der Waals surface area contributed by atoms with Crippen molar-refractivity contribution < 1.29 is 14.6 Å². The summed E-state index contributed by atoms with van der Waals surface area (Å²) >= 11 is 0. The first-order valence-corrected chi connectivity index (χ1v) is 5.06. The van der Waals surface area contributed by atoms with Gasteiger partial charge in [0, 0.05) is 5.54 Å². The number of esters is 1. The largest absolute Gasteiger partial charge is 0.465 e. The third-order valence-electron chi connectivity index (χ3n) is 2.38. The molecule has 0 aromatic heterocycles. The second-order valence-corrected chi connectivity index (χ2v) is 4.14. The third kappa shape index (κ3) is 3.05. The van der Waals surface area contributed by atoms with Gasteiger partial charge in [0.25, 0.3) is 0 Å². The number of hydrogen-bond donors (Lipinski definition) is 2. The molecule has 88 valence electrons. The molecule has 0 amide bonds. The third-order valence-corrected chi connectivity index (χ3v) is 2.38. The fourth-order valence-corrected chi connectivity index (χ4v) is 1.47. The number of methoxy groups -OCH3 is 1. The van der Waals surface area contributed by atoms with E-state index in [1.54, 1.807) is 19.1 Å². The number of hydrogen-bond acceptors (Lipinski definition) is 4. The molecule has 0 radical (unpaired) electrons. The van der Waals surface area contributed by atoms with E-state index in [0.717, 1.165) is 5.56 Å². The molecule has 0 aliphatic rings. The Hall–Kier alpha value is -1.39. The predicted octanol–water partition coefficient (Wildman–Crippen LogP) is 0.725. The maximum Gasteiger partial charge on any atom is 0.338 e. The van der Waals surface area contributed by atoms with Crippen molar-refractivity contribution in [2.45, 2.75) is 18.9 Å². The van der Waals surface area contributed by atoms with Gasteiger partial charge >= 0.3 is 5.97 Å². The zero-order valence-corrected chi connectivity index (χ0v) is 9.56. The molecule has 1 rings (SSSR count). The summed E-state index contributed by atoms with van der Waals surface area (Å²) in [5.41, 5.74) is 6.41. The van der Waals surface area contributed by atoms with E-state index in [2.05, 4.69) is 4.74 Å². The molecule has 0 saturated carbocycles. The number of aliphatic hydroxyl groups is 1. The van der Waals surface area contributed by atoms with E-state index in [1.165, 1.54) is 7.11 Å². The van der Waals surface area contributed by atoms with Gasteiger partial charge in [0.2, 0.25) is 0 Å². The van der Waals surface area contributed by atoms with Crippen molar-refractivity contribution in [2.75, 3.05) is 13.7 Å². The summed E-state index contributed by atoms with van der Waals surface area (Å²) in [5, 5.41) is 9.10. The Morgan fingerprint density at radius 3 is 2.69 bits per heavy atom. The summed E-state index contributed by atoms with van der Waals surface area (Å²) < 4.78 is 4.68. The van der Waals surface area contributed by atoms with Crippen LogP contribution < -0.4 is 5.73 Å². The molecule has 0 aliphatic carbocycles. The normalized spacial score (nSPS) is 14.2. The minimum absolute atomic E-state index is 0.136. The summed E-state index contributed by atoms with van der Waals surface area (Å²) in [6.45, 7) is 1.60. The number of carbonyl (C=O) groups is 1. The Morgan fingerprint density at radius 2 is 2.12 bits per heavy atom. The summed E-state index contributed by atoms with van der Waals surface area (Å²) in [6, 6.07) is 7.10. The number of aliphatic hydroxyl groups excluding tert-OH is 1. The van der Waals surface area contributed by atoms with Gasteiger partial charge in [0.15, 0.2) is 0 Å². The molecule has 0 heterocycles. The molecule has 16 heavy (non-hydrogen) atoms. The molecular weight excluding hydrogens is 206 g/mol. The zero-order chi connectivity index (χ0) is 12.2. The van der Waals surface area contributed by atoms with Gasteiger partial charge in [-0.15, -0.1) is 0 Å². The molecule has 1 aromatic carbocycles. The Kier molecular flexibility index (Phi) is 4.04. The first kappa shape index (κ1) is 12.7. The maximum atomic E-state index is 11.5. The van der Waals surface area contributed by atoms with Gasteiger partial charge in [-0.3, -0.25) is 0 Å². The van der Waals surface area contributed by atoms with Crippen LogP contribution in [0.2, 0.25) is 0 Å². The smallest absolute Gasteiger partial charge is 0.338 e. The monoisotopic (exact) mass is 223 g/mol. The van der Waals surface area contributed by atoms with E-state index in [0.29, 0.717) is 12.0 Å². The Labute approximate surface area is 95.0 Å². The molecule has 1 unspecified atom stereocenters. The summed E-state index contributed by atoms with van der Waals surface area (Å²) in [5.74, 6) is -0.385. The molecule has 1 aromatic rings. The quantitative estimate of drug-likeness (QED) is 0.738. The first-order valence-electron chi connectivity index (χ1n) is 5.06. The van der Waals surface area contributed by atoms with Crippen LogP contribution >= 0.6 is 0 Å². The lowest BCUT2D eigenvalue weighted by molar-refractivity contribution is 0.0599. The van der Waals surface area contributed by atoms with E-state index >= 15 is 0 Å². The maximum absolute atomic E-state index is 11.5. The number of ether oxygens (including phenoxy) is 1. The molecule has 0 spiro atoms. The van der Waals surface area contributed by atoms with Crippen LogP contribution in [0, 0.1) is 0 Å². The van der Waals surface area contributed by atoms with Gasteiger partial charge in [-0.1, -0.05) is 18.2 Å². The molecule has 0 saturated heterocycles. The van der Waals surface area contributed by atoms with Gasteiger partial charge < -0.3 is 15.6 Å². The lowest BCUT2D eigenvalue weighted by Crippen LogP contribution is -2.42. The van der Waals surface area contributed by atoms with Gasteiger partial charge in [0.1, 0.15) is 0 Å². The topological polar surface area (TPSA) is 72.5 Å². The molecule has 4 nitrogen and oxygen atoms in total. The summed E-state index contributed by atoms with van der Waals surface area (Å²) in [7, 11) is 1.34. The average Bonchev–Trinajstić information content (AvgIpc) is 2.28. The van der Waals surface area contributed by atoms with Crippen LogP contribution in [0.1, 0.15) is 22.8 Å². The summed E-state index contributed by atoms with van der Waals surface area (Å²) in [4.78, 5) is 11.5. The lowest BCUT2D eigenvalue weighted by Gasteiger charge is -2.22. The summed E-state index contributed by atoms with van der Waals surface area (Å²) in [6.07, 6.45) is 0.425. The van der Waals surface area contributed by atoms with Crippen molar-refractivity contribution in [3.8, 4) is 0 Å². The van der Waals surface area contributed by atoms with Gasteiger partial charge in [-0.05, 0) is 25.0 Å². The van der Waals surface area contributed by atoms with Crippen molar-refractivity contribution in [2.24, 2.45) is 5.73 Å². The zero-order valence-electron chi connectivity index (χ0n) is 9.56. The van der Waals surface area contributed by atoms with E-state index in [9.17, 15) is 4.79 Å². The molecule has 1 atom stereocenters. The Balaban J connectivity index is 3.00. The molecule has 0 aliphatic heterocycles. The van der Waals surface area contributed by atoms with Crippen molar-refractivity contribution in [3.63, 3.8) is 0 Å². The van der Waals surface area contributed by atoms with Crippen LogP contribution in [0.5, 0.6) is 0 Å². The van der Waals surface area contributed by atoms with Crippen molar-refractivity contribution >= 4 is 5.97 Å². The highest BCUT2D eigenvalue weighted by Crippen LogP contribution is 2.16. The van der Waals surface area contributed by atoms with Gasteiger partial charge in [0.05, 0.1) is 19.3 Å². The van der Waals surface area contributed by atoms with Crippen LogP contribution in [0.4, 0.5) is 0 Å². The van der Waals surface area contributed by atoms with E-state index in [1.807, 2.05) is 12.1 Å². The first-order chi connectivity index (χ1) is 7.50. The highest BCUT2D eigenvalue weighted by Gasteiger charge is 2.21. The van der Waals surface area contributed by atoms with Crippen molar-refractivity contribution in [3.05, 3.63) is 35.4 Å². The van der Waals surface area contributed by atoms with Crippen LogP contribution in [0.25, 0.3) is 0 Å². The molecule has 3 N–H and O–H groups in total.